The van der Waals surface area contributed by atoms with E-state index in [0.29, 0.717) is 11.5 Å². The fourth-order valence-electron chi connectivity index (χ4n) is 2.27. The number of aromatic nitrogens is 2. The average Bonchev–Trinajstić information content (AvgIpc) is 3.14. The van der Waals surface area contributed by atoms with Gasteiger partial charge in [0.25, 0.3) is 0 Å². The second-order valence-electron chi connectivity index (χ2n) is 5.97. The maximum absolute atomic E-state index is 11.0. The van der Waals surface area contributed by atoms with E-state index in [1.165, 1.54) is 0 Å². The second kappa shape index (κ2) is 4.59. The molecule has 2 aromatic heterocycles. The van der Waals surface area contributed by atoms with E-state index in [0.717, 1.165) is 36.1 Å². The zero-order valence-corrected chi connectivity index (χ0v) is 11.7. The minimum atomic E-state index is -0.881. The van der Waals surface area contributed by atoms with Crippen LogP contribution in [0.25, 0.3) is 5.52 Å². The Morgan fingerprint density at radius 3 is 2.85 bits per heavy atom. The number of hydrogen-bond donors (Lipinski definition) is 1. The summed E-state index contributed by atoms with van der Waals surface area (Å²) >= 11 is 0. The van der Waals surface area contributed by atoms with Crippen LogP contribution in [0, 0.1) is 0 Å². The number of pyridine rings is 1. The van der Waals surface area contributed by atoms with E-state index < -0.39 is 5.60 Å². The van der Waals surface area contributed by atoms with Gasteiger partial charge in [-0.3, -0.25) is 4.79 Å². The maximum Gasteiger partial charge on any atom is 0.153 e. The highest BCUT2D eigenvalue weighted by molar-refractivity contribution is 5.85. The van der Waals surface area contributed by atoms with Gasteiger partial charge in [-0.2, -0.15) is 5.10 Å². The Labute approximate surface area is 117 Å². The smallest absolute Gasteiger partial charge is 0.153 e. The van der Waals surface area contributed by atoms with Crippen molar-refractivity contribution in [3.8, 4) is 5.75 Å². The highest BCUT2D eigenvalue weighted by atomic mass is 16.5. The molecule has 0 spiro atoms. The van der Waals surface area contributed by atoms with Crippen molar-refractivity contribution in [3.05, 3.63) is 29.6 Å². The van der Waals surface area contributed by atoms with E-state index in [1.54, 1.807) is 24.6 Å². The Morgan fingerprint density at radius 1 is 1.50 bits per heavy atom. The fourth-order valence-corrected chi connectivity index (χ4v) is 2.27. The van der Waals surface area contributed by atoms with Crippen molar-refractivity contribution in [1.82, 2.24) is 9.61 Å². The topological polar surface area (TPSA) is 63.8 Å². The molecule has 1 aliphatic rings. The largest absolute Gasteiger partial charge is 0.489 e. The summed E-state index contributed by atoms with van der Waals surface area (Å²) in [5.41, 5.74) is 1.51. The Bertz CT molecular complexity index is 651. The van der Waals surface area contributed by atoms with Gasteiger partial charge in [0.15, 0.2) is 6.29 Å². The number of aldehydes is 1. The predicted octanol–water partition coefficient (Wildman–Crippen LogP) is 2.17. The van der Waals surface area contributed by atoms with Crippen LogP contribution in [-0.2, 0) is 0 Å². The number of carbonyl (C=O) groups is 1. The molecule has 1 fully saturated rings. The second-order valence-corrected chi connectivity index (χ2v) is 5.97. The lowest BCUT2D eigenvalue weighted by Gasteiger charge is -2.19. The van der Waals surface area contributed by atoms with Crippen LogP contribution in [0.4, 0.5) is 0 Å². The van der Waals surface area contributed by atoms with Crippen LogP contribution in [-0.4, -0.2) is 33.2 Å². The highest BCUT2D eigenvalue weighted by Gasteiger charge is 2.31. The number of hydrogen-bond acceptors (Lipinski definition) is 4. The van der Waals surface area contributed by atoms with Gasteiger partial charge < -0.3 is 9.84 Å². The van der Waals surface area contributed by atoms with E-state index in [4.69, 9.17) is 4.74 Å². The number of carbonyl (C=O) groups excluding carboxylic acids is 1. The summed E-state index contributed by atoms with van der Waals surface area (Å²) < 4.78 is 7.55. The van der Waals surface area contributed by atoms with Crippen LogP contribution < -0.4 is 4.74 Å². The van der Waals surface area contributed by atoms with E-state index in [1.807, 2.05) is 12.1 Å². The molecule has 1 N–H and O–H groups in total. The monoisotopic (exact) mass is 274 g/mol. The van der Waals surface area contributed by atoms with E-state index in [-0.39, 0.29) is 6.61 Å². The number of nitrogens with zero attached hydrogens (tertiary/aromatic N) is 2. The molecule has 0 unspecified atom stereocenters. The number of fused-ring (bicyclic) bond motifs is 1. The van der Waals surface area contributed by atoms with Crippen molar-refractivity contribution in [3.63, 3.8) is 0 Å². The standard InChI is InChI=1S/C15H18N2O3/c1-15(2,19)9-20-13-6-5-12-11(8-18)7-16-17(12)14(13)10-3-4-10/h5-8,10,19H,3-4,9H2,1-2H3. The van der Waals surface area contributed by atoms with Crippen LogP contribution in [0.2, 0.25) is 0 Å². The molecule has 0 atom stereocenters. The van der Waals surface area contributed by atoms with Gasteiger partial charge in [0.2, 0.25) is 0 Å². The Morgan fingerprint density at radius 2 is 2.25 bits per heavy atom. The molecule has 106 valence electrons. The van der Waals surface area contributed by atoms with Crippen molar-refractivity contribution in [1.29, 1.82) is 0 Å². The Kier molecular flexibility index (Phi) is 3.01. The van der Waals surface area contributed by atoms with Gasteiger partial charge in [-0.25, -0.2) is 4.52 Å². The summed E-state index contributed by atoms with van der Waals surface area (Å²) in [6.07, 6.45) is 4.60. The van der Waals surface area contributed by atoms with Crippen LogP contribution in [0.5, 0.6) is 5.75 Å². The van der Waals surface area contributed by atoms with Crippen molar-refractivity contribution < 1.29 is 14.6 Å². The molecule has 0 bridgehead atoms. The molecule has 0 aromatic carbocycles. The molecule has 0 radical (unpaired) electrons. The average molecular weight is 274 g/mol. The van der Waals surface area contributed by atoms with E-state index >= 15 is 0 Å². The fraction of sp³-hybridized carbons (Fsp3) is 0.467. The lowest BCUT2D eigenvalue weighted by Crippen LogP contribution is -2.28. The number of rotatable bonds is 5. The van der Waals surface area contributed by atoms with Gasteiger partial charge in [-0.05, 0) is 38.8 Å². The lowest BCUT2D eigenvalue weighted by molar-refractivity contribution is 0.0279. The molecule has 1 aliphatic carbocycles. The SMILES string of the molecule is CC(C)(O)COc1ccc2c(C=O)cnn2c1C1CC1. The highest BCUT2D eigenvalue weighted by Crippen LogP contribution is 2.44. The minimum absolute atomic E-state index is 0.222. The molecule has 0 aliphatic heterocycles. The molecule has 0 saturated heterocycles. The Hall–Kier alpha value is -1.88. The summed E-state index contributed by atoms with van der Waals surface area (Å²) in [7, 11) is 0. The van der Waals surface area contributed by atoms with Crippen LogP contribution in [0.15, 0.2) is 18.3 Å². The van der Waals surface area contributed by atoms with Crippen molar-refractivity contribution >= 4 is 11.8 Å². The van der Waals surface area contributed by atoms with Gasteiger partial charge in [0.05, 0.1) is 28.6 Å². The number of ether oxygens (including phenoxy) is 1. The van der Waals surface area contributed by atoms with Crippen LogP contribution in [0.3, 0.4) is 0 Å². The summed E-state index contributed by atoms with van der Waals surface area (Å²) in [5, 5.41) is 14.1. The van der Waals surface area contributed by atoms with Gasteiger partial charge in [-0.1, -0.05) is 0 Å². The molecule has 5 nitrogen and oxygen atoms in total. The predicted molar refractivity (Wildman–Crippen MR) is 74.3 cm³/mol. The van der Waals surface area contributed by atoms with Gasteiger partial charge in [-0.15, -0.1) is 0 Å². The molecular weight excluding hydrogens is 256 g/mol. The lowest BCUT2D eigenvalue weighted by atomic mass is 10.1. The first-order valence-electron chi connectivity index (χ1n) is 6.80. The van der Waals surface area contributed by atoms with Crippen molar-refractivity contribution in [2.45, 2.75) is 38.2 Å². The van der Waals surface area contributed by atoms with Crippen LogP contribution >= 0.6 is 0 Å². The third-order valence-corrected chi connectivity index (χ3v) is 3.38. The van der Waals surface area contributed by atoms with Crippen LogP contribution in [0.1, 0.15) is 48.7 Å². The van der Waals surface area contributed by atoms with Crippen molar-refractivity contribution in [2.75, 3.05) is 6.61 Å². The zero-order valence-electron chi connectivity index (χ0n) is 11.7. The molecule has 1 saturated carbocycles. The van der Waals surface area contributed by atoms with E-state index in [9.17, 15) is 9.90 Å². The van der Waals surface area contributed by atoms with Gasteiger partial charge >= 0.3 is 0 Å². The van der Waals surface area contributed by atoms with Gasteiger partial charge in [0.1, 0.15) is 12.4 Å². The maximum atomic E-state index is 11.0. The zero-order chi connectivity index (χ0) is 14.3. The summed E-state index contributed by atoms with van der Waals surface area (Å²) in [6, 6.07) is 3.70. The van der Waals surface area contributed by atoms with Crippen molar-refractivity contribution in [2.24, 2.45) is 0 Å². The first kappa shape index (κ1) is 13.1. The summed E-state index contributed by atoms with van der Waals surface area (Å²) in [5.74, 6) is 1.16. The Balaban J connectivity index is 2.03. The molecule has 2 heterocycles. The molecule has 0 amide bonds. The molecule has 20 heavy (non-hydrogen) atoms. The number of aliphatic hydroxyl groups is 1. The normalized spacial score (nSPS) is 15.6. The molecule has 5 heteroatoms. The molecular formula is C15H18N2O3. The van der Waals surface area contributed by atoms with Gasteiger partial charge in [0, 0.05) is 5.92 Å². The molecule has 2 aromatic rings. The molecule has 3 rings (SSSR count). The third kappa shape index (κ3) is 2.41. The third-order valence-electron chi connectivity index (χ3n) is 3.38. The minimum Gasteiger partial charge on any atom is -0.489 e. The summed E-state index contributed by atoms with van der Waals surface area (Å²) in [6.45, 7) is 3.64. The van der Waals surface area contributed by atoms with E-state index in [2.05, 4.69) is 5.10 Å². The summed E-state index contributed by atoms with van der Waals surface area (Å²) in [4.78, 5) is 11.0. The first-order chi connectivity index (χ1) is 9.49. The first-order valence-corrected chi connectivity index (χ1v) is 6.80. The quantitative estimate of drug-likeness (QED) is 0.849.